The van der Waals surface area contributed by atoms with Gasteiger partial charge in [-0.05, 0) is 23.1 Å². The van der Waals surface area contributed by atoms with Gasteiger partial charge in [0.25, 0.3) is 0 Å². The van der Waals surface area contributed by atoms with Gasteiger partial charge in [0.05, 0.1) is 17.0 Å². The molecular formula is C14H20N2O2S. The highest BCUT2D eigenvalue weighted by molar-refractivity contribution is 7.85. The van der Waals surface area contributed by atoms with E-state index in [2.05, 4.69) is 24.4 Å². The zero-order valence-corrected chi connectivity index (χ0v) is 12.6. The Labute approximate surface area is 116 Å². The van der Waals surface area contributed by atoms with Crippen LogP contribution in [0.25, 0.3) is 0 Å². The monoisotopic (exact) mass is 280 g/mol. The predicted molar refractivity (Wildman–Crippen MR) is 78.9 cm³/mol. The lowest BCUT2D eigenvalue weighted by molar-refractivity contribution is -0.118. The number of carbonyl (C=O) groups excluding carboxylic acids is 1. The molecule has 104 valence electrons. The van der Waals surface area contributed by atoms with Gasteiger partial charge in [-0.3, -0.25) is 9.00 Å². The van der Waals surface area contributed by atoms with Gasteiger partial charge < -0.3 is 0 Å². The lowest BCUT2D eigenvalue weighted by atomic mass is 10.0. The summed E-state index contributed by atoms with van der Waals surface area (Å²) in [6, 6.07) is 5.76. The van der Waals surface area contributed by atoms with Crippen LogP contribution in [0.3, 0.4) is 0 Å². The molecule has 0 bridgehead atoms. The summed E-state index contributed by atoms with van der Waals surface area (Å²) in [5.41, 5.74) is 4.27. The summed E-state index contributed by atoms with van der Waals surface area (Å²) in [5, 5.41) is 3.82. The number of rotatable bonds is 5. The van der Waals surface area contributed by atoms with Crippen molar-refractivity contribution in [1.29, 1.82) is 0 Å². The maximum Gasteiger partial charge on any atom is 0.236 e. The number of hydrazone groups is 1. The van der Waals surface area contributed by atoms with E-state index in [1.165, 1.54) is 6.92 Å². The van der Waals surface area contributed by atoms with Crippen molar-refractivity contribution < 1.29 is 9.00 Å². The van der Waals surface area contributed by atoms with Gasteiger partial charge in [0.1, 0.15) is 0 Å². The Morgan fingerprint density at radius 3 is 2.68 bits per heavy atom. The number of benzene rings is 1. The largest absolute Gasteiger partial charge is 0.274 e. The second-order valence-corrected chi connectivity index (χ2v) is 6.22. The van der Waals surface area contributed by atoms with E-state index in [-0.39, 0.29) is 5.91 Å². The van der Waals surface area contributed by atoms with Gasteiger partial charge in [0.15, 0.2) is 0 Å². The summed E-state index contributed by atoms with van der Waals surface area (Å²) in [4.78, 5) is 11.6. The molecule has 1 unspecified atom stereocenters. The van der Waals surface area contributed by atoms with Gasteiger partial charge in [0, 0.05) is 17.6 Å². The molecule has 1 aromatic rings. The summed E-state index contributed by atoms with van der Waals surface area (Å²) in [5.74, 6) is 0.700. The van der Waals surface area contributed by atoms with Gasteiger partial charge in [-0.25, -0.2) is 5.43 Å². The highest BCUT2D eigenvalue weighted by Gasteiger charge is 2.11. The topological polar surface area (TPSA) is 58.5 Å². The first-order valence-corrected chi connectivity index (χ1v) is 7.59. The molecule has 0 spiro atoms. The minimum absolute atomic E-state index is 0.215. The second-order valence-electron chi connectivity index (χ2n) is 4.51. The third-order valence-corrected chi connectivity index (χ3v) is 3.97. The van der Waals surface area contributed by atoms with Crippen molar-refractivity contribution in [2.45, 2.75) is 38.5 Å². The molecule has 0 fully saturated rings. The predicted octanol–water partition coefficient (Wildman–Crippen LogP) is 2.41. The minimum Gasteiger partial charge on any atom is -0.274 e. The van der Waals surface area contributed by atoms with Crippen molar-refractivity contribution in [3.8, 4) is 0 Å². The van der Waals surface area contributed by atoms with E-state index >= 15 is 0 Å². The maximum absolute atomic E-state index is 12.1. The molecule has 0 aliphatic heterocycles. The Morgan fingerprint density at radius 2 is 2.16 bits per heavy atom. The van der Waals surface area contributed by atoms with Crippen molar-refractivity contribution in [3.63, 3.8) is 0 Å². The standard InChI is InChI=1S/C14H20N2O2S/c1-5-19(18)14-8-12(9-15-16-11(4)17)6-7-13(14)10(2)3/h6-10H,5H2,1-4H3,(H,16,17)/b15-9+. The summed E-state index contributed by atoms with van der Waals surface area (Å²) in [6.07, 6.45) is 1.56. The molecule has 0 aromatic heterocycles. The van der Waals surface area contributed by atoms with E-state index < -0.39 is 10.8 Å². The van der Waals surface area contributed by atoms with E-state index in [9.17, 15) is 9.00 Å². The third kappa shape index (κ3) is 4.59. The molecular weight excluding hydrogens is 260 g/mol. The maximum atomic E-state index is 12.1. The van der Waals surface area contributed by atoms with Crippen LogP contribution in [0.5, 0.6) is 0 Å². The molecule has 19 heavy (non-hydrogen) atoms. The SMILES string of the molecule is CCS(=O)c1cc(/C=N/NC(C)=O)ccc1C(C)C. The molecule has 1 atom stereocenters. The Bertz CT molecular complexity index is 510. The van der Waals surface area contributed by atoms with Crippen molar-refractivity contribution in [2.24, 2.45) is 5.10 Å². The number of nitrogens with one attached hydrogen (secondary N) is 1. The van der Waals surface area contributed by atoms with Gasteiger partial charge in [0.2, 0.25) is 5.91 Å². The molecule has 4 nitrogen and oxygen atoms in total. The lowest BCUT2D eigenvalue weighted by Crippen LogP contribution is -2.12. The van der Waals surface area contributed by atoms with E-state index in [1.807, 2.05) is 25.1 Å². The van der Waals surface area contributed by atoms with Crippen LogP contribution >= 0.6 is 0 Å². The Balaban J connectivity index is 3.08. The Kier molecular flexibility index (Phi) is 5.89. The number of hydrogen-bond donors (Lipinski definition) is 1. The first-order chi connectivity index (χ1) is 8.95. The molecule has 5 heteroatoms. The highest BCUT2D eigenvalue weighted by Crippen LogP contribution is 2.23. The smallest absolute Gasteiger partial charge is 0.236 e. The van der Waals surface area contributed by atoms with Crippen LogP contribution in [0.15, 0.2) is 28.2 Å². The zero-order chi connectivity index (χ0) is 14.4. The van der Waals surface area contributed by atoms with E-state index in [0.717, 1.165) is 16.0 Å². The molecule has 0 aliphatic rings. The van der Waals surface area contributed by atoms with Crippen LogP contribution in [0.2, 0.25) is 0 Å². The normalized spacial score (nSPS) is 12.9. The van der Waals surface area contributed by atoms with Crippen molar-refractivity contribution >= 4 is 22.9 Å². The first-order valence-electron chi connectivity index (χ1n) is 6.27. The van der Waals surface area contributed by atoms with E-state index in [4.69, 9.17) is 0 Å². The molecule has 1 amide bonds. The quantitative estimate of drug-likeness (QED) is 0.665. The number of nitrogens with zero attached hydrogens (tertiary/aromatic N) is 1. The fraction of sp³-hybridized carbons (Fsp3) is 0.429. The summed E-state index contributed by atoms with van der Waals surface area (Å²) in [7, 11) is -0.996. The van der Waals surface area contributed by atoms with Crippen LogP contribution < -0.4 is 5.43 Å². The van der Waals surface area contributed by atoms with Crippen molar-refractivity contribution in [2.75, 3.05) is 5.75 Å². The Hall–Kier alpha value is -1.49. The average molecular weight is 280 g/mol. The van der Waals surface area contributed by atoms with E-state index in [1.54, 1.807) is 6.21 Å². The molecule has 0 saturated heterocycles. The van der Waals surface area contributed by atoms with Gasteiger partial charge in [-0.1, -0.05) is 32.9 Å². The molecule has 1 N–H and O–H groups in total. The molecule has 1 rings (SSSR count). The van der Waals surface area contributed by atoms with Gasteiger partial charge in [-0.15, -0.1) is 0 Å². The van der Waals surface area contributed by atoms with Crippen molar-refractivity contribution in [3.05, 3.63) is 29.3 Å². The Morgan fingerprint density at radius 1 is 1.47 bits per heavy atom. The summed E-state index contributed by atoms with van der Waals surface area (Å²) in [6.45, 7) is 7.46. The number of amides is 1. The van der Waals surface area contributed by atoms with Crippen LogP contribution in [-0.4, -0.2) is 22.1 Å². The van der Waals surface area contributed by atoms with Crippen LogP contribution in [0.1, 0.15) is 44.7 Å². The zero-order valence-electron chi connectivity index (χ0n) is 11.8. The lowest BCUT2D eigenvalue weighted by Gasteiger charge is -2.12. The van der Waals surface area contributed by atoms with Gasteiger partial charge >= 0.3 is 0 Å². The first kappa shape index (κ1) is 15.6. The second kappa shape index (κ2) is 7.19. The van der Waals surface area contributed by atoms with Crippen LogP contribution in [0, 0.1) is 0 Å². The molecule has 0 saturated carbocycles. The van der Waals surface area contributed by atoms with Gasteiger partial charge in [-0.2, -0.15) is 5.10 Å². The number of hydrogen-bond acceptors (Lipinski definition) is 3. The van der Waals surface area contributed by atoms with E-state index in [0.29, 0.717) is 11.7 Å². The molecule has 0 aliphatic carbocycles. The molecule has 0 heterocycles. The molecule has 0 radical (unpaired) electrons. The number of carbonyl (C=O) groups is 1. The van der Waals surface area contributed by atoms with Crippen molar-refractivity contribution in [1.82, 2.24) is 5.43 Å². The minimum atomic E-state index is -0.996. The fourth-order valence-corrected chi connectivity index (χ4v) is 2.80. The fourth-order valence-electron chi connectivity index (χ4n) is 1.66. The van der Waals surface area contributed by atoms with Crippen LogP contribution in [-0.2, 0) is 15.6 Å². The third-order valence-electron chi connectivity index (χ3n) is 2.60. The highest BCUT2D eigenvalue weighted by atomic mass is 32.2. The summed E-state index contributed by atoms with van der Waals surface area (Å²) < 4.78 is 12.1. The average Bonchev–Trinajstić information content (AvgIpc) is 2.37. The molecule has 1 aromatic carbocycles. The van der Waals surface area contributed by atoms with Crippen LogP contribution in [0.4, 0.5) is 0 Å². The summed E-state index contributed by atoms with van der Waals surface area (Å²) >= 11 is 0.